The molecule has 0 bridgehead atoms. The first-order valence-electron chi connectivity index (χ1n) is 6.71. The second-order valence-corrected chi connectivity index (χ2v) is 5.50. The van der Waals surface area contributed by atoms with E-state index in [0.717, 1.165) is 11.3 Å². The van der Waals surface area contributed by atoms with Gasteiger partial charge in [-0.25, -0.2) is 0 Å². The molecule has 3 N–H and O–H groups in total. The van der Waals surface area contributed by atoms with E-state index in [4.69, 9.17) is 22.7 Å². The van der Waals surface area contributed by atoms with E-state index in [2.05, 4.69) is 19.2 Å². The Balaban J connectivity index is 2.37. The van der Waals surface area contributed by atoms with Gasteiger partial charge in [0.05, 0.1) is 19.1 Å². The Kier molecular flexibility index (Phi) is 6.61. The van der Waals surface area contributed by atoms with E-state index in [-0.39, 0.29) is 12.0 Å². The highest BCUT2D eigenvalue weighted by Gasteiger charge is 2.08. The Morgan fingerprint density at radius 1 is 1.30 bits per heavy atom. The molecule has 20 heavy (non-hydrogen) atoms. The number of thiocarbonyl (C=S) groups is 1. The summed E-state index contributed by atoms with van der Waals surface area (Å²) in [5, 5.41) is 2.81. The standard InChI is InChI=1S/C15H22N2O2S/c1-10(2)11(3)19-9-8-14(18)17-13-6-4-12(5-7-13)15(16)20/h4-7,10-11H,8-9H2,1-3H3,(H2,16,20)(H,17,18). The van der Waals surface area contributed by atoms with Crippen molar-refractivity contribution in [2.45, 2.75) is 33.3 Å². The first-order chi connectivity index (χ1) is 9.40. The van der Waals surface area contributed by atoms with Crippen molar-refractivity contribution < 1.29 is 9.53 Å². The van der Waals surface area contributed by atoms with Crippen molar-refractivity contribution in [3.8, 4) is 0 Å². The van der Waals surface area contributed by atoms with Gasteiger partial charge < -0.3 is 15.8 Å². The fraction of sp³-hybridized carbons (Fsp3) is 0.467. The fourth-order valence-corrected chi connectivity index (χ4v) is 1.61. The van der Waals surface area contributed by atoms with Crippen LogP contribution in [0, 0.1) is 5.92 Å². The molecule has 0 fully saturated rings. The molecule has 1 rings (SSSR count). The molecule has 0 saturated heterocycles. The second kappa shape index (κ2) is 7.97. The van der Waals surface area contributed by atoms with Gasteiger partial charge in [0.25, 0.3) is 0 Å². The molecule has 0 spiro atoms. The highest BCUT2D eigenvalue weighted by molar-refractivity contribution is 7.80. The Labute approximate surface area is 125 Å². The van der Waals surface area contributed by atoms with Crippen LogP contribution in [-0.2, 0) is 9.53 Å². The lowest BCUT2D eigenvalue weighted by Gasteiger charge is -2.16. The summed E-state index contributed by atoms with van der Waals surface area (Å²) >= 11 is 4.87. The molecule has 1 unspecified atom stereocenters. The predicted octanol–water partition coefficient (Wildman–Crippen LogP) is 2.71. The lowest BCUT2D eigenvalue weighted by Crippen LogP contribution is -2.20. The number of amides is 1. The van der Waals surface area contributed by atoms with Crippen LogP contribution < -0.4 is 11.1 Å². The van der Waals surface area contributed by atoms with Crippen molar-refractivity contribution in [2.75, 3.05) is 11.9 Å². The lowest BCUT2D eigenvalue weighted by molar-refractivity contribution is -0.117. The third kappa shape index (κ3) is 5.67. The normalized spacial score (nSPS) is 12.2. The molecule has 0 aliphatic rings. The average Bonchev–Trinajstić information content (AvgIpc) is 2.39. The van der Waals surface area contributed by atoms with E-state index in [0.29, 0.717) is 23.9 Å². The van der Waals surface area contributed by atoms with Gasteiger partial charge in [-0.3, -0.25) is 4.79 Å². The molecule has 0 aromatic heterocycles. The molecule has 5 heteroatoms. The smallest absolute Gasteiger partial charge is 0.226 e. The molecule has 1 aromatic rings. The van der Waals surface area contributed by atoms with Gasteiger partial charge in [0.1, 0.15) is 4.99 Å². The molecule has 1 aromatic carbocycles. The number of nitrogens with one attached hydrogen (secondary N) is 1. The number of nitrogens with two attached hydrogens (primary N) is 1. The number of rotatable bonds is 7. The summed E-state index contributed by atoms with van der Waals surface area (Å²) in [7, 11) is 0. The van der Waals surface area contributed by atoms with Crippen molar-refractivity contribution in [2.24, 2.45) is 11.7 Å². The minimum absolute atomic E-state index is 0.0657. The van der Waals surface area contributed by atoms with Crippen LogP contribution in [0.4, 0.5) is 5.69 Å². The van der Waals surface area contributed by atoms with Gasteiger partial charge in [0.15, 0.2) is 0 Å². The molecule has 110 valence electrons. The number of ether oxygens (including phenoxy) is 1. The average molecular weight is 294 g/mol. The minimum atomic E-state index is -0.0657. The number of hydrogen-bond donors (Lipinski definition) is 2. The molecule has 0 radical (unpaired) electrons. The largest absolute Gasteiger partial charge is 0.389 e. The number of carbonyl (C=O) groups is 1. The summed E-state index contributed by atoms with van der Waals surface area (Å²) in [5.74, 6) is 0.384. The maximum Gasteiger partial charge on any atom is 0.226 e. The van der Waals surface area contributed by atoms with Crippen LogP contribution in [0.3, 0.4) is 0 Å². The van der Waals surface area contributed by atoms with E-state index in [1.165, 1.54) is 0 Å². The molecule has 0 saturated carbocycles. The number of benzene rings is 1. The lowest BCUT2D eigenvalue weighted by atomic mass is 10.1. The zero-order valence-corrected chi connectivity index (χ0v) is 13.0. The van der Waals surface area contributed by atoms with Crippen molar-refractivity contribution in [3.63, 3.8) is 0 Å². The van der Waals surface area contributed by atoms with Gasteiger partial charge in [-0.15, -0.1) is 0 Å². The quantitative estimate of drug-likeness (QED) is 0.759. The Morgan fingerprint density at radius 2 is 1.90 bits per heavy atom. The van der Waals surface area contributed by atoms with Gasteiger partial charge in [-0.05, 0) is 37.1 Å². The summed E-state index contributed by atoms with van der Waals surface area (Å²) in [4.78, 5) is 12.1. The summed E-state index contributed by atoms with van der Waals surface area (Å²) in [5.41, 5.74) is 7.02. The topological polar surface area (TPSA) is 64.3 Å². The van der Waals surface area contributed by atoms with Gasteiger partial charge in [0.2, 0.25) is 5.91 Å². The minimum Gasteiger partial charge on any atom is -0.389 e. The van der Waals surface area contributed by atoms with Crippen LogP contribution in [0.1, 0.15) is 32.8 Å². The van der Waals surface area contributed by atoms with Gasteiger partial charge in [0, 0.05) is 11.3 Å². The fourth-order valence-electron chi connectivity index (χ4n) is 1.47. The summed E-state index contributed by atoms with van der Waals surface area (Å²) < 4.78 is 5.57. The Bertz CT molecular complexity index is 457. The Hall–Kier alpha value is -1.46. The molecule has 1 atom stereocenters. The van der Waals surface area contributed by atoms with E-state index < -0.39 is 0 Å². The number of carbonyl (C=O) groups excluding carboxylic acids is 1. The van der Waals surface area contributed by atoms with E-state index in [9.17, 15) is 4.79 Å². The Morgan fingerprint density at radius 3 is 2.40 bits per heavy atom. The van der Waals surface area contributed by atoms with Crippen LogP contribution in [0.25, 0.3) is 0 Å². The highest BCUT2D eigenvalue weighted by Crippen LogP contribution is 2.10. The SMILES string of the molecule is CC(C)C(C)OCCC(=O)Nc1ccc(C(N)=S)cc1. The third-order valence-electron chi connectivity index (χ3n) is 3.10. The first-order valence-corrected chi connectivity index (χ1v) is 7.12. The van der Waals surface area contributed by atoms with Crippen molar-refractivity contribution in [1.29, 1.82) is 0 Å². The van der Waals surface area contributed by atoms with Gasteiger partial charge in [-0.2, -0.15) is 0 Å². The molecule has 0 aliphatic heterocycles. The van der Waals surface area contributed by atoms with Crippen molar-refractivity contribution >= 4 is 28.8 Å². The third-order valence-corrected chi connectivity index (χ3v) is 3.34. The van der Waals surface area contributed by atoms with Gasteiger partial charge >= 0.3 is 0 Å². The molecular weight excluding hydrogens is 272 g/mol. The summed E-state index contributed by atoms with van der Waals surface area (Å²) in [6, 6.07) is 7.14. The highest BCUT2D eigenvalue weighted by atomic mass is 32.1. The van der Waals surface area contributed by atoms with E-state index in [1.807, 2.05) is 6.92 Å². The van der Waals surface area contributed by atoms with Crippen LogP contribution in [-0.4, -0.2) is 23.6 Å². The molecular formula is C15H22N2O2S. The monoisotopic (exact) mass is 294 g/mol. The van der Waals surface area contributed by atoms with Crippen molar-refractivity contribution in [3.05, 3.63) is 29.8 Å². The molecule has 1 amide bonds. The molecule has 0 heterocycles. The molecule has 0 aliphatic carbocycles. The summed E-state index contributed by atoms with van der Waals surface area (Å²) in [6.07, 6.45) is 0.501. The summed E-state index contributed by atoms with van der Waals surface area (Å²) in [6.45, 7) is 6.62. The maximum atomic E-state index is 11.7. The first kappa shape index (κ1) is 16.6. The molecule has 4 nitrogen and oxygen atoms in total. The van der Waals surface area contributed by atoms with Crippen LogP contribution in [0.15, 0.2) is 24.3 Å². The van der Waals surface area contributed by atoms with E-state index >= 15 is 0 Å². The van der Waals surface area contributed by atoms with Crippen LogP contribution in [0.5, 0.6) is 0 Å². The predicted molar refractivity (Wildman–Crippen MR) is 85.8 cm³/mol. The van der Waals surface area contributed by atoms with Crippen LogP contribution >= 0.6 is 12.2 Å². The van der Waals surface area contributed by atoms with E-state index in [1.54, 1.807) is 24.3 Å². The number of hydrogen-bond acceptors (Lipinski definition) is 3. The van der Waals surface area contributed by atoms with Crippen LogP contribution in [0.2, 0.25) is 0 Å². The zero-order valence-electron chi connectivity index (χ0n) is 12.2. The van der Waals surface area contributed by atoms with Crippen molar-refractivity contribution in [1.82, 2.24) is 0 Å². The number of anilines is 1. The van der Waals surface area contributed by atoms with Gasteiger partial charge in [-0.1, -0.05) is 26.1 Å². The zero-order chi connectivity index (χ0) is 15.1. The second-order valence-electron chi connectivity index (χ2n) is 5.06. The maximum absolute atomic E-state index is 11.7.